The number of fused-ring (bicyclic) bond motifs is 1. The van der Waals surface area contributed by atoms with Gasteiger partial charge in [0.1, 0.15) is 22.5 Å². The standard InChI is InChI=1S/C27H32ClF3/c1-2-3-4-5-17-6-7-19-13-20(9-8-18(19)12-17)21-10-11-23(24(29)14-21)22-15-25(30)27(28)26(31)16-22/h10-11,14-20H,2-9,12-13H2,1H3/t17?,18-,19-,20-/m1/s1. The van der Waals surface area contributed by atoms with Gasteiger partial charge in [-0.05, 0) is 85.1 Å². The molecule has 0 spiro atoms. The van der Waals surface area contributed by atoms with E-state index in [1.807, 2.05) is 6.07 Å². The quantitative estimate of drug-likeness (QED) is 0.305. The first-order chi connectivity index (χ1) is 15.0. The van der Waals surface area contributed by atoms with E-state index >= 15 is 0 Å². The highest BCUT2D eigenvalue weighted by molar-refractivity contribution is 6.31. The molecule has 0 saturated heterocycles. The van der Waals surface area contributed by atoms with Crippen molar-refractivity contribution in [3.63, 3.8) is 0 Å². The zero-order chi connectivity index (χ0) is 22.0. The summed E-state index contributed by atoms with van der Waals surface area (Å²) in [6, 6.07) is 7.34. The largest absolute Gasteiger partial charge is 0.206 e. The summed E-state index contributed by atoms with van der Waals surface area (Å²) in [7, 11) is 0. The molecule has 4 atom stereocenters. The maximum absolute atomic E-state index is 14.9. The molecule has 0 nitrogen and oxygen atoms in total. The molecule has 4 rings (SSSR count). The van der Waals surface area contributed by atoms with E-state index < -0.39 is 22.5 Å². The molecule has 2 aromatic carbocycles. The zero-order valence-electron chi connectivity index (χ0n) is 18.3. The molecule has 2 aliphatic carbocycles. The number of halogens is 4. The number of hydrogen-bond acceptors (Lipinski definition) is 0. The van der Waals surface area contributed by atoms with Crippen LogP contribution < -0.4 is 0 Å². The van der Waals surface area contributed by atoms with Crippen LogP contribution >= 0.6 is 11.6 Å². The third kappa shape index (κ3) is 5.13. The van der Waals surface area contributed by atoms with Crippen molar-refractivity contribution in [2.45, 2.75) is 77.0 Å². The highest BCUT2D eigenvalue weighted by Gasteiger charge is 2.36. The van der Waals surface area contributed by atoms with Gasteiger partial charge < -0.3 is 0 Å². The average Bonchev–Trinajstić information content (AvgIpc) is 2.77. The number of benzene rings is 2. The van der Waals surface area contributed by atoms with Crippen molar-refractivity contribution in [2.75, 3.05) is 0 Å². The summed E-state index contributed by atoms with van der Waals surface area (Å²) in [5.74, 6) is 0.693. The van der Waals surface area contributed by atoms with Crippen LogP contribution in [0.5, 0.6) is 0 Å². The van der Waals surface area contributed by atoms with Gasteiger partial charge in [-0.2, -0.15) is 0 Å². The molecule has 2 fully saturated rings. The van der Waals surface area contributed by atoms with Crippen LogP contribution in [0.25, 0.3) is 11.1 Å². The van der Waals surface area contributed by atoms with Crippen LogP contribution in [-0.2, 0) is 0 Å². The second kappa shape index (κ2) is 9.98. The molecule has 2 aromatic rings. The van der Waals surface area contributed by atoms with Gasteiger partial charge in [-0.3, -0.25) is 0 Å². The number of rotatable bonds is 6. The smallest absolute Gasteiger partial charge is 0.145 e. The minimum absolute atomic E-state index is 0.175. The van der Waals surface area contributed by atoms with Crippen molar-refractivity contribution in [3.05, 3.63) is 58.4 Å². The summed E-state index contributed by atoms with van der Waals surface area (Å²) in [6.45, 7) is 2.26. The lowest BCUT2D eigenvalue weighted by Crippen LogP contribution is -2.30. The molecule has 2 saturated carbocycles. The molecular formula is C27H32ClF3. The molecule has 31 heavy (non-hydrogen) atoms. The van der Waals surface area contributed by atoms with Gasteiger partial charge in [0.05, 0.1) is 0 Å². The molecule has 0 N–H and O–H groups in total. The van der Waals surface area contributed by atoms with Crippen LogP contribution in [0.3, 0.4) is 0 Å². The molecule has 0 radical (unpaired) electrons. The van der Waals surface area contributed by atoms with Crippen LogP contribution in [0.4, 0.5) is 13.2 Å². The summed E-state index contributed by atoms with van der Waals surface area (Å²) in [6.07, 6.45) is 12.9. The fraction of sp³-hybridized carbons (Fsp3) is 0.556. The maximum Gasteiger partial charge on any atom is 0.145 e. The van der Waals surface area contributed by atoms with Gasteiger partial charge in [-0.15, -0.1) is 0 Å². The van der Waals surface area contributed by atoms with Gasteiger partial charge in [-0.1, -0.05) is 62.8 Å². The topological polar surface area (TPSA) is 0 Å². The zero-order valence-corrected chi connectivity index (χ0v) is 19.0. The van der Waals surface area contributed by atoms with Gasteiger partial charge in [0.2, 0.25) is 0 Å². The normalized spacial score (nSPS) is 26.0. The first kappa shape index (κ1) is 22.7. The summed E-state index contributed by atoms with van der Waals surface area (Å²) in [5.41, 5.74) is 1.40. The van der Waals surface area contributed by atoms with Crippen LogP contribution in [-0.4, -0.2) is 0 Å². The Morgan fingerprint density at radius 3 is 2.26 bits per heavy atom. The van der Waals surface area contributed by atoms with Crippen LogP contribution in [0.2, 0.25) is 5.02 Å². The lowest BCUT2D eigenvalue weighted by atomic mass is 9.63. The van der Waals surface area contributed by atoms with Crippen molar-refractivity contribution < 1.29 is 13.2 Å². The Balaban J connectivity index is 1.42. The Morgan fingerprint density at radius 2 is 1.55 bits per heavy atom. The van der Waals surface area contributed by atoms with Gasteiger partial charge in [0, 0.05) is 5.56 Å². The van der Waals surface area contributed by atoms with Gasteiger partial charge in [-0.25, -0.2) is 13.2 Å². The first-order valence-electron chi connectivity index (χ1n) is 11.9. The summed E-state index contributed by atoms with van der Waals surface area (Å²) < 4.78 is 42.5. The van der Waals surface area contributed by atoms with Crippen LogP contribution in [0, 0.1) is 35.2 Å². The van der Waals surface area contributed by atoms with E-state index in [0.29, 0.717) is 5.92 Å². The Hall–Kier alpha value is -1.48. The SMILES string of the molecule is CCCCCC1CC[C@@H]2C[C@H](c3ccc(-c4cc(F)c(Cl)c(F)c4)c(F)c3)CC[C@@H]2C1. The highest BCUT2D eigenvalue weighted by Crippen LogP contribution is 2.48. The summed E-state index contributed by atoms with van der Waals surface area (Å²) in [4.78, 5) is 0. The second-order valence-electron chi connectivity index (χ2n) is 9.70. The Morgan fingerprint density at radius 1 is 0.839 bits per heavy atom. The van der Waals surface area contributed by atoms with Crippen LogP contribution in [0.15, 0.2) is 30.3 Å². The molecule has 0 aliphatic heterocycles. The van der Waals surface area contributed by atoms with Crippen molar-refractivity contribution in [3.8, 4) is 11.1 Å². The number of unbranched alkanes of at least 4 members (excludes halogenated alkanes) is 2. The van der Waals surface area contributed by atoms with E-state index in [9.17, 15) is 13.2 Å². The Labute approximate surface area is 189 Å². The van der Waals surface area contributed by atoms with E-state index in [-0.39, 0.29) is 11.1 Å². The minimum atomic E-state index is -0.872. The van der Waals surface area contributed by atoms with E-state index in [1.54, 1.807) is 12.1 Å². The molecular weight excluding hydrogens is 417 g/mol. The van der Waals surface area contributed by atoms with E-state index in [0.717, 1.165) is 48.3 Å². The molecule has 0 bridgehead atoms. The monoisotopic (exact) mass is 448 g/mol. The molecule has 0 amide bonds. The second-order valence-corrected chi connectivity index (χ2v) is 10.1. The third-order valence-electron chi connectivity index (χ3n) is 7.70. The van der Waals surface area contributed by atoms with Crippen molar-refractivity contribution in [2.24, 2.45) is 17.8 Å². The van der Waals surface area contributed by atoms with E-state index in [4.69, 9.17) is 11.6 Å². The van der Waals surface area contributed by atoms with Crippen molar-refractivity contribution in [1.82, 2.24) is 0 Å². The molecule has 0 heterocycles. The average molecular weight is 449 g/mol. The molecule has 2 aliphatic rings. The maximum atomic E-state index is 14.9. The van der Waals surface area contributed by atoms with Crippen LogP contribution in [0.1, 0.15) is 82.6 Å². The van der Waals surface area contributed by atoms with Gasteiger partial charge >= 0.3 is 0 Å². The number of hydrogen-bond donors (Lipinski definition) is 0. The molecule has 4 heteroatoms. The first-order valence-corrected chi connectivity index (χ1v) is 12.3. The van der Waals surface area contributed by atoms with Crippen molar-refractivity contribution in [1.29, 1.82) is 0 Å². The predicted molar refractivity (Wildman–Crippen MR) is 122 cm³/mol. The van der Waals surface area contributed by atoms with E-state index in [2.05, 4.69) is 6.92 Å². The minimum Gasteiger partial charge on any atom is -0.206 e. The van der Waals surface area contributed by atoms with Gasteiger partial charge in [0.25, 0.3) is 0 Å². The molecule has 0 aromatic heterocycles. The lowest BCUT2D eigenvalue weighted by molar-refractivity contribution is 0.113. The summed E-state index contributed by atoms with van der Waals surface area (Å²) >= 11 is 5.56. The summed E-state index contributed by atoms with van der Waals surface area (Å²) in [5, 5.41) is -0.558. The van der Waals surface area contributed by atoms with E-state index in [1.165, 1.54) is 51.4 Å². The Kier molecular flexibility index (Phi) is 7.31. The fourth-order valence-electron chi connectivity index (χ4n) is 5.96. The van der Waals surface area contributed by atoms with Crippen molar-refractivity contribution >= 4 is 11.6 Å². The molecule has 168 valence electrons. The Bertz CT molecular complexity index is 886. The lowest BCUT2D eigenvalue weighted by Gasteiger charge is -2.42. The predicted octanol–water partition coefficient (Wildman–Crippen LogP) is 9.30. The third-order valence-corrected chi connectivity index (χ3v) is 8.06. The fourth-order valence-corrected chi connectivity index (χ4v) is 6.07. The highest BCUT2D eigenvalue weighted by atomic mass is 35.5. The molecule has 1 unspecified atom stereocenters. The van der Waals surface area contributed by atoms with Gasteiger partial charge in [0.15, 0.2) is 0 Å².